The minimum Gasteiger partial charge on any atom is -0.279 e. The van der Waals surface area contributed by atoms with E-state index in [-0.39, 0.29) is 23.7 Å². The van der Waals surface area contributed by atoms with Gasteiger partial charge in [-0.05, 0) is 35.9 Å². The van der Waals surface area contributed by atoms with Gasteiger partial charge in [-0.1, -0.05) is 35.1 Å². The molecular formula is C20H13ClN4O3S. The molecule has 0 bridgehead atoms. The van der Waals surface area contributed by atoms with E-state index in [9.17, 15) is 14.9 Å². The molecule has 0 saturated heterocycles. The molecule has 0 saturated carbocycles. The number of hydrogen-bond acceptors (Lipinski definition) is 6. The van der Waals surface area contributed by atoms with Crippen LogP contribution in [-0.2, 0) is 6.54 Å². The molecule has 4 aromatic rings. The molecule has 0 spiro atoms. The molecule has 2 aromatic heterocycles. The smallest absolute Gasteiger partial charge is 0.270 e. The number of carbonyl (C=O) groups excluding carboxylic acids is 1. The molecule has 2 heterocycles. The van der Waals surface area contributed by atoms with Crippen molar-refractivity contribution in [1.29, 1.82) is 0 Å². The van der Waals surface area contributed by atoms with Gasteiger partial charge in [-0.15, -0.1) is 0 Å². The fraction of sp³-hybridized carbons (Fsp3) is 0.0500. The first-order valence-corrected chi connectivity index (χ1v) is 9.72. The first-order valence-electron chi connectivity index (χ1n) is 8.52. The van der Waals surface area contributed by atoms with E-state index in [2.05, 4.69) is 9.97 Å². The molecule has 4 rings (SSSR count). The molecule has 1 amide bonds. The minimum atomic E-state index is -0.526. The second kappa shape index (κ2) is 7.94. The third-order valence-corrected chi connectivity index (χ3v) is 5.46. The number of aromatic nitrogens is 2. The highest BCUT2D eigenvalue weighted by Gasteiger charge is 2.23. The molecular weight excluding hydrogens is 412 g/mol. The van der Waals surface area contributed by atoms with Crippen LogP contribution in [0.15, 0.2) is 67.0 Å². The lowest BCUT2D eigenvalue weighted by molar-refractivity contribution is -0.384. The summed E-state index contributed by atoms with van der Waals surface area (Å²) >= 11 is 7.40. The lowest BCUT2D eigenvalue weighted by atomic mass is 10.1. The summed E-state index contributed by atoms with van der Waals surface area (Å²) in [5.74, 6) is -0.386. The number of non-ortho nitro benzene ring substituents is 1. The monoisotopic (exact) mass is 424 g/mol. The Morgan fingerprint density at radius 3 is 2.79 bits per heavy atom. The Morgan fingerprint density at radius 1 is 1.17 bits per heavy atom. The SMILES string of the molecule is O=C(c1cccc([N+](=O)[O-])c1)N(Cc1cccnc1)c1nc2ccc(Cl)cc2s1. The van der Waals surface area contributed by atoms with Crippen molar-refractivity contribution in [3.05, 3.63) is 93.3 Å². The number of thiazole rings is 1. The number of nitro groups is 1. The third-order valence-electron chi connectivity index (χ3n) is 4.18. The van der Waals surface area contributed by atoms with Crippen molar-refractivity contribution in [1.82, 2.24) is 9.97 Å². The zero-order chi connectivity index (χ0) is 20.4. The average Bonchev–Trinajstić information content (AvgIpc) is 3.15. The molecule has 0 aliphatic heterocycles. The van der Waals surface area contributed by atoms with Crippen molar-refractivity contribution in [3.8, 4) is 0 Å². The highest BCUT2D eigenvalue weighted by Crippen LogP contribution is 2.32. The maximum absolute atomic E-state index is 13.3. The summed E-state index contributed by atoms with van der Waals surface area (Å²) in [5, 5.41) is 12.2. The van der Waals surface area contributed by atoms with Crippen molar-refractivity contribution in [3.63, 3.8) is 0 Å². The van der Waals surface area contributed by atoms with E-state index in [1.54, 1.807) is 42.7 Å². The van der Waals surface area contributed by atoms with E-state index in [1.165, 1.54) is 34.4 Å². The van der Waals surface area contributed by atoms with Crippen LogP contribution in [0, 0.1) is 10.1 Å². The molecule has 0 fully saturated rings. The molecule has 0 radical (unpaired) electrons. The van der Waals surface area contributed by atoms with Crippen LogP contribution in [0.1, 0.15) is 15.9 Å². The van der Waals surface area contributed by atoms with Crippen LogP contribution >= 0.6 is 22.9 Å². The molecule has 0 aliphatic carbocycles. The minimum absolute atomic E-state index is 0.145. The van der Waals surface area contributed by atoms with Crippen LogP contribution in [-0.4, -0.2) is 20.8 Å². The van der Waals surface area contributed by atoms with Crippen LogP contribution in [0.25, 0.3) is 10.2 Å². The van der Waals surface area contributed by atoms with Crippen LogP contribution in [0.5, 0.6) is 0 Å². The van der Waals surface area contributed by atoms with Crippen molar-refractivity contribution in [2.24, 2.45) is 0 Å². The Kier molecular flexibility index (Phi) is 5.20. The average molecular weight is 425 g/mol. The normalized spacial score (nSPS) is 10.8. The van der Waals surface area contributed by atoms with Gasteiger partial charge < -0.3 is 0 Å². The van der Waals surface area contributed by atoms with Gasteiger partial charge in [-0.3, -0.25) is 24.8 Å². The van der Waals surface area contributed by atoms with Gasteiger partial charge in [0.15, 0.2) is 5.13 Å². The summed E-state index contributed by atoms with van der Waals surface area (Å²) in [6.45, 7) is 0.225. The van der Waals surface area contributed by atoms with Crippen molar-refractivity contribution >= 4 is 49.9 Å². The maximum Gasteiger partial charge on any atom is 0.270 e. The first-order chi connectivity index (χ1) is 14.0. The topological polar surface area (TPSA) is 89.2 Å². The molecule has 7 nitrogen and oxygen atoms in total. The Morgan fingerprint density at radius 2 is 2.03 bits per heavy atom. The van der Waals surface area contributed by atoms with E-state index in [0.29, 0.717) is 10.2 Å². The molecule has 0 aliphatic rings. The quantitative estimate of drug-likeness (QED) is 0.328. The number of fused-ring (bicyclic) bond motifs is 1. The molecule has 144 valence electrons. The number of anilines is 1. The van der Waals surface area contributed by atoms with Gasteiger partial charge in [0.25, 0.3) is 11.6 Å². The number of hydrogen-bond donors (Lipinski definition) is 0. The van der Waals surface area contributed by atoms with Gasteiger partial charge in [0, 0.05) is 35.1 Å². The fourth-order valence-electron chi connectivity index (χ4n) is 2.81. The van der Waals surface area contributed by atoms with Crippen molar-refractivity contribution in [2.45, 2.75) is 6.54 Å². The number of amides is 1. The summed E-state index contributed by atoms with van der Waals surface area (Å²) in [6.07, 6.45) is 3.31. The summed E-state index contributed by atoms with van der Waals surface area (Å²) < 4.78 is 0.843. The van der Waals surface area contributed by atoms with Gasteiger partial charge in [-0.2, -0.15) is 0 Å². The maximum atomic E-state index is 13.3. The molecule has 0 unspecified atom stereocenters. The van der Waals surface area contributed by atoms with Crippen LogP contribution in [0.4, 0.5) is 10.8 Å². The van der Waals surface area contributed by atoms with Crippen molar-refractivity contribution < 1.29 is 9.72 Å². The Labute approximate surface area is 174 Å². The highest BCUT2D eigenvalue weighted by molar-refractivity contribution is 7.22. The first kappa shape index (κ1) is 19.0. The predicted octanol–water partition coefficient (Wildman–Crippen LogP) is 5.10. The van der Waals surface area contributed by atoms with E-state index >= 15 is 0 Å². The van der Waals surface area contributed by atoms with Gasteiger partial charge in [-0.25, -0.2) is 4.98 Å². The molecule has 0 N–H and O–H groups in total. The van der Waals surface area contributed by atoms with Gasteiger partial charge in [0.1, 0.15) is 0 Å². The largest absolute Gasteiger partial charge is 0.279 e. The van der Waals surface area contributed by atoms with E-state index in [1.807, 2.05) is 6.07 Å². The second-order valence-corrected chi connectivity index (χ2v) is 7.61. The van der Waals surface area contributed by atoms with Crippen LogP contribution < -0.4 is 4.90 Å². The molecule has 0 atom stereocenters. The van der Waals surface area contributed by atoms with E-state index in [0.717, 1.165) is 15.8 Å². The Bertz CT molecular complexity index is 1210. The van der Waals surface area contributed by atoms with Gasteiger partial charge >= 0.3 is 0 Å². The number of benzene rings is 2. The highest BCUT2D eigenvalue weighted by atomic mass is 35.5. The second-order valence-electron chi connectivity index (χ2n) is 6.17. The number of nitrogens with zero attached hydrogens (tertiary/aromatic N) is 4. The number of rotatable bonds is 5. The molecule has 2 aromatic carbocycles. The van der Waals surface area contributed by atoms with Crippen LogP contribution in [0.2, 0.25) is 5.02 Å². The zero-order valence-corrected chi connectivity index (χ0v) is 16.4. The number of nitro benzene ring substituents is 1. The number of carbonyl (C=O) groups is 1. The van der Waals surface area contributed by atoms with Crippen LogP contribution in [0.3, 0.4) is 0 Å². The lowest BCUT2D eigenvalue weighted by Crippen LogP contribution is -2.30. The lowest BCUT2D eigenvalue weighted by Gasteiger charge is -2.20. The molecule has 29 heavy (non-hydrogen) atoms. The Hall–Kier alpha value is -3.36. The van der Waals surface area contributed by atoms with E-state index in [4.69, 9.17) is 11.6 Å². The third kappa shape index (κ3) is 4.08. The molecule has 9 heteroatoms. The van der Waals surface area contributed by atoms with E-state index < -0.39 is 4.92 Å². The summed E-state index contributed by atoms with van der Waals surface area (Å²) in [7, 11) is 0. The van der Waals surface area contributed by atoms with Crippen molar-refractivity contribution in [2.75, 3.05) is 4.90 Å². The number of pyridine rings is 1. The van der Waals surface area contributed by atoms with Gasteiger partial charge in [0.05, 0.1) is 21.7 Å². The number of halogens is 1. The standard InChI is InChI=1S/C20H13ClN4O3S/c21-15-6-7-17-18(10-15)29-20(23-17)24(12-13-3-2-8-22-11-13)19(26)14-4-1-5-16(9-14)25(27)28/h1-11H,12H2. The summed E-state index contributed by atoms with van der Waals surface area (Å²) in [4.78, 5) is 34.0. The fourth-order valence-corrected chi connectivity index (χ4v) is 4.05. The Balaban J connectivity index is 1.77. The summed E-state index contributed by atoms with van der Waals surface area (Å²) in [6, 6.07) is 14.6. The predicted molar refractivity (Wildman–Crippen MR) is 112 cm³/mol. The van der Waals surface area contributed by atoms with Gasteiger partial charge in [0.2, 0.25) is 0 Å². The summed E-state index contributed by atoms with van der Waals surface area (Å²) in [5.41, 5.74) is 1.59. The zero-order valence-electron chi connectivity index (χ0n) is 14.9.